The molecule has 2 aromatic rings. The number of unbranched alkanes of at least 4 members (excludes halogenated alkanes) is 2. The van der Waals surface area contributed by atoms with Gasteiger partial charge in [0.25, 0.3) is 5.91 Å². The van der Waals surface area contributed by atoms with Gasteiger partial charge in [0.15, 0.2) is 0 Å². The van der Waals surface area contributed by atoms with Gasteiger partial charge in [0, 0.05) is 11.6 Å². The first kappa shape index (κ1) is 19.9. The molecule has 1 N–H and O–H groups in total. The number of benzene rings is 2. The molecule has 0 aromatic heterocycles. The summed E-state index contributed by atoms with van der Waals surface area (Å²) in [6.07, 6.45) is 3.32. The van der Waals surface area contributed by atoms with Crippen molar-refractivity contribution in [3.63, 3.8) is 0 Å². The number of amides is 1. The molecule has 0 atom stereocenters. The Hall–Kier alpha value is -2.40. The largest absolute Gasteiger partial charge is 0.495 e. The van der Waals surface area contributed by atoms with Crippen LogP contribution < -0.4 is 19.5 Å². The molecule has 140 valence electrons. The summed E-state index contributed by atoms with van der Waals surface area (Å²) in [6.45, 7) is 2.83. The Kier molecular flexibility index (Phi) is 7.60. The smallest absolute Gasteiger partial charge is 0.255 e. The number of rotatable bonds is 9. The first-order valence-corrected chi connectivity index (χ1v) is 8.92. The van der Waals surface area contributed by atoms with E-state index < -0.39 is 0 Å². The van der Waals surface area contributed by atoms with Crippen molar-refractivity contribution in [1.82, 2.24) is 0 Å². The SMILES string of the molecule is CCCCCOc1ccc(C(=O)Nc2cc(Cl)c(OC)cc2OC)cc1. The second-order valence-corrected chi connectivity index (χ2v) is 6.13. The molecule has 0 spiro atoms. The molecular weight excluding hydrogens is 354 g/mol. The van der Waals surface area contributed by atoms with Crippen molar-refractivity contribution in [3.8, 4) is 17.2 Å². The second-order valence-electron chi connectivity index (χ2n) is 5.72. The molecule has 0 fully saturated rings. The van der Waals surface area contributed by atoms with Crippen LogP contribution in [-0.2, 0) is 0 Å². The fourth-order valence-corrected chi connectivity index (χ4v) is 2.64. The van der Waals surface area contributed by atoms with Crippen molar-refractivity contribution in [1.29, 1.82) is 0 Å². The minimum absolute atomic E-state index is 0.262. The van der Waals surface area contributed by atoms with Crippen LogP contribution in [0.2, 0.25) is 5.02 Å². The molecule has 5 nitrogen and oxygen atoms in total. The minimum atomic E-state index is -0.262. The van der Waals surface area contributed by atoms with Crippen molar-refractivity contribution in [2.24, 2.45) is 0 Å². The molecule has 2 rings (SSSR count). The van der Waals surface area contributed by atoms with Crippen LogP contribution in [0.3, 0.4) is 0 Å². The van der Waals surface area contributed by atoms with Crippen LogP contribution in [0.15, 0.2) is 36.4 Å². The summed E-state index contributed by atoms with van der Waals surface area (Å²) in [5, 5.41) is 3.19. The van der Waals surface area contributed by atoms with Gasteiger partial charge in [0.2, 0.25) is 0 Å². The van der Waals surface area contributed by atoms with Gasteiger partial charge in [0.1, 0.15) is 17.2 Å². The van der Waals surface area contributed by atoms with E-state index in [4.69, 9.17) is 25.8 Å². The van der Waals surface area contributed by atoms with E-state index in [2.05, 4.69) is 12.2 Å². The summed E-state index contributed by atoms with van der Waals surface area (Å²) in [4.78, 5) is 12.5. The Bertz CT molecular complexity index is 731. The molecule has 0 aliphatic carbocycles. The third kappa shape index (κ3) is 5.30. The average Bonchev–Trinajstić information content (AvgIpc) is 2.66. The topological polar surface area (TPSA) is 56.8 Å². The molecule has 0 radical (unpaired) electrons. The Balaban J connectivity index is 2.04. The molecule has 1 amide bonds. The highest BCUT2D eigenvalue weighted by Gasteiger charge is 2.13. The Morgan fingerprint density at radius 3 is 2.35 bits per heavy atom. The number of carbonyl (C=O) groups excluding carboxylic acids is 1. The zero-order chi connectivity index (χ0) is 18.9. The lowest BCUT2D eigenvalue weighted by Gasteiger charge is -2.13. The van der Waals surface area contributed by atoms with Gasteiger partial charge in [-0.25, -0.2) is 0 Å². The van der Waals surface area contributed by atoms with Gasteiger partial charge in [-0.2, -0.15) is 0 Å². The minimum Gasteiger partial charge on any atom is -0.495 e. The molecule has 0 heterocycles. The standard InChI is InChI=1S/C20H24ClNO4/c1-4-5-6-11-26-15-9-7-14(8-10-15)20(23)22-17-12-16(21)18(24-2)13-19(17)25-3/h7-10,12-13H,4-6,11H2,1-3H3,(H,22,23). The van der Waals surface area contributed by atoms with Crippen molar-refractivity contribution in [2.75, 3.05) is 26.1 Å². The Morgan fingerprint density at radius 1 is 1.04 bits per heavy atom. The number of hydrogen-bond donors (Lipinski definition) is 1. The van der Waals surface area contributed by atoms with E-state index in [1.807, 2.05) is 0 Å². The summed E-state index contributed by atoms with van der Waals surface area (Å²) in [5.74, 6) is 1.44. The number of anilines is 1. The van der Waals surface area contributed by atoms with Crippen molar-refractivity contribution in [2.45, 2.75) is 26.2 Å². The van der Waals surface area contributed by atoms with E-state index in [1.165, 1.54) is 14.2 Å². The summed E-state index contributed by atoms with van der Waals surface area (Å²) < 4.78 is 16.1. The predicted molar refractivity (Wildman–Crippen MR) is 104 cm³/mol. The number of ether oxygens (including phenoxy) is 3. The van der Waals surface area contributed by atoms with Crippen LogP contribution in [-0.4, -0.2) is 26.7 Å². The summed E-state index contributed by atoms with van der Waals surface area (Å²) in [5.41, 5.74) is 0.989. The number of hydrogen-bond acceptors (Lipinski definition) is 4. The third-order valence-corrected chi connectivity index (χ3v) is 4.15. The van der Waals surface area contributed by atoms with Gasteiger partial charge in [-0.3, -0.25) is 4.79 Å². The Labute approximate surface area is 159 Å². The van der Waals surface area contributed by atoms with Crippen molar-refractivity contribution in [3.05, 3.63) is 47.0 Å². The molecule has 0 bridgehead atoms. The third-order valence-electron chi connectivity index (χ3n) is 3.86. The van der Waals surface area contributed by atoms with E-state index in [0.29, 0.717) is 34.4 Å². The summed E-state index contributed by atoms with van der Waals surface area (Å²) >= 11 is 6.13. The lowest BCUT2D eigenvalue weighted by atomic mass is 10.2. The number of carbonyl (C=O) groups is 1. The maximum atomic E-state index is 12.5. The summed E-state index contributed by atoms with van der Waals surface area (Å²) in [7, 11) is 3.04. The Morgan fingerprint density at radius 2 is 1.73 bits per heavy atom. The van der Waals surface area contributed by atoms with Gasteiger partial charge in [0.05, 0.1) is 31.5 Å². The number of methoxy groups -OCH3 is 2. The van der Waals surface area contributed by atoms with Gasteiger partial charge in [-0.15, -0.1) is 0 Å². The van der Waals surface area contributed by atoms with E-state index in [-0.39, 0.29) is 5.91 Å². The van der Waals surface area contributed by atoms with Gasteiger partial charge in [-0.05, 0) is 36.8 Å². The highest BCUT2D eigenvalue weighted by atomic mass is 35.5. The van der Waals surface area contributed by atoms with Crippen LogP contribution in [0.4, 0.5) is 5.69 Å². The molecule has 0 aliphatic rings. The second kappa shape index (κ2) is 9.92. The predicted octanol–water partition coefficient (Wildman–Crippen LogP) is 5.18. The molecule has 0 aliphatic heterocycles. The molecule has 0 saturated heterocycles. The number of nitrogens with one attached hydrogen (secondary N) is 1. The quantitative estimate of drug-likeness (QED) is 0.612. The first-order chi connectivity index (χ1) is 12.6. The monoisotopic (exact) mass is 377 g/mol. The molecule has 26 heavy (non-hydrogen) atoms. The van der Waals surface area contributed by atoms with E-state index >= 15 is 0 Å². The van der Waals surface area contributed by atoms with E-state index in [9.17, 15) is 4.79 Å². The van der Waals surface area contributed by atoms with Crippen LogP contribution in [0.25, 0.3) is 0 Å². The van der Waals surface area contributed by atoms with Crippen LogP contribution >= 0.6 is 11.6 Å². The van der Waals surface area contributed by atoms with Crippen molar-refractivity contribution < 1.29 is 19.0 Å². The molecule has 6 heteroatoms. The van der Waals surface area contributed by atoms with E-state index in [0.717, 1.165) is 25.0 Å². The van der Waals surface area contributed by atoms with Crippen molar-refractivity contribution >= 4 is 23.2 Å². The summed E-state index contributed by atoms with van der Waals surface area (Å²) in [6, 6.07) is 10.3. The zero-order valence-corrected chi connectivity index (χ0v) is 16.1. The first-order valence-electron chi connectivity index (χ1n) is 8.54. The highest BCUT2D eigenvalue weighted by Crippen LogP contribution is 2.36. The normalized spacial score (nSPS) is 10.3. The fourth-order valence-electron chi connectivity index (χ4n) is 2.40. The average molecular weight is 378 g/mol. The zero-order valence-electron chi connectivity index (χ0n) is 15.3. The molecule has 0 saturated carbocycles. The van der Waals surface area contributed by atoms with Crippen LogP contribution in [0.5, 0.6) is 17.2 Å². The fraction of sp³-hybridized carbons (Fsp3) is 0.350. The molecular formula is C20H24ClNO4. The molecule has 2 aromatic carbocycles. The van der Waals surface area contributed by atoms with E-state index in [1.54, 1.807) is 36.4 Å². The highest BCUT2D eigenvalue weighted by molar-refractivity contribution is 6.32. The molecule has 0 unspecified atom stereocenters. The lowest BCUT2D eigenvalue weighted by Crippen LogP contribution is -2.12. The van der Waals surface area contributed by atoms with Crippen LogP contribution in [0.1, 0.15) is 36.5 Å². The lowest BCUT2D eigenvalue weighted by molar-refractivity contribution is 0.102. The van der Waals surface area contributed by atoms with Gasteiger partial charge in [-0.1, -0.05) is 31.4 Å². The van der Waals surface area contributed by atoms with Gasteiger partial charge < -0.3 is 19.5 Å². The maximum absolute atomic E-state index is 12.5. The number of halogens is 1. The maximum Gasteiger partial charge on any atom is 0.255 e. The van der Waals surface area contributed by atoms with Crippen LogP contribution in [0, 0.1) is 0 Å². The van der Waals surface area contributed by atoms with Gasteiger partial charge >= 0.3 is 0 Å².